The molecule has 1 unspecified atom stereocenters. The largest absolute Gasteiger partial charge is 0.493 e. The molecule has 1 aromatic rings. The average Bonchev–Trinajstić information content (AvgIpc) is 2.46. The molecule has 1 aromatic carbocycles. The fourth-order valence-corrected chi connectivity index (χ4v) is 3.17. The summed E-state index contributed by atoms with van der Waals surface area (Å²) in [7, 11) is 0.282. The van der Waals surface area contributed by atoms with Gasteiger partial charge < -0.3 is 14.8 Å². The fourth-order valence-electron chi connectivity index (χ4n) is 2.06. The van der Waals surface area contributed by atoms with E-state index in [1.807, 2.05) is 25.1 Å². The van der Waals surface area contributed by atoms with Crippen LogP contribution in [0.4, 0.5) is 0 Å². The fraction of sp³-hybridized carbons (Fsp3) is 0.600. The molecule has 0 radical (unpaired) electrons. The smallest absolute Gasteiger partial charge is 0.160 e. The van der Waals surface area contributed by atoms with Gasteiger partial charge in [-0.1, -0.05) is 13.0 Å². The van der Waals surface area contributed by atoms with E-state index in [0.717, 1.165) is 18.5 Å². The molecule has 1 N–H and O–H groups in total. The number of benzene rings is 1. The molecule has 0 aliphatic carbocycles. The number of hydrogen-bond donors (Lipinski definition) is 1. The third-order valence-electron chi connectivity index (χ3n) is 3.30. The normalized spacial score (nSPS) is 13.0. The zero-order chi connectivity index (χ0) is 15.9. The first-order valence-electron chi connectivity index (χ1n) is 7.06. The molecule has 21 heavy (non-hydrogen) atoms. The first kappa shape index (κ1) is 17.8. The summed E-state index contributed by atoms with van der Waals surface area (Å²) in [6.07, 6.45) is 0.802. The summed E-state index contributed by atoms with van der Waals surface area (Å²) in [4.78, 5) is 0. The minimum atomic E-state index is -2.93. The molecule has 120 valence electrons. The van der Waals surface area contributed by atoms with Crippen molar-refractivity contribution in [2.45, 2.75) is 26.3 Å². The van der Waals surface area contributed by atoms with Crippen molar-refractivity contribution in [3.8, 4) is 11.5 Å². The van der Waals surface area contributed by atoms with Crippen LogP contribution in [0.15, 0.2) is 18.2 Å². The van der Waals surface area contributed by atoms with Gasteiger partial charge in [0.2, 0.25) is 0 Å². The quantitative estimate of drug-likeness (QED) is 0.751. The van der Waals surface area contributed by atoms with E-state index >= 15 is 0 Å². The molecule has 0 bridgehead atoms. The summed E-state index contributed by atoms with van der Waals surface area (Å²) < 4.78 is 33.5. The van der Waals surface area contributed by atoms with Crippen molar-refractivity contribution in [1.29, 1.82) is 0 Å². The van der Waals surface area contributed by atoms with E-state index in [1.54, 1.807) is 21.1 Å². The highest BCUT2D eigenvalue weighted by molar-refractivity contribution is 7.91. The number of nitrogens with one attached hydrogen (secondary N) is 1. The molecule has 1 rings (SSSR count). The van der Waals surface area contributed by atoms with Crippen LogP contribution in [-0.2, 0) is 16.3 Å². The topological polar surface area (TPSA) is 64.6 Å². The second-order valence-electron chi connectivity index (χ2n) is 4.99. The summed E-state index contributed by atoms with van der Waals surface area (Å²) in [5, 5.41) is 3.24. The van der Waals surface area contributed by atoms with Crippen molar-refractivity contribution in [3.05, 3.63) is 23.8 Å². The van der Waals surface area contributed by atoms with Crippen LogP contribution in [0.25, 0.3) is 0 Å². The van der Waals surface area contributed by atoms with Gasteiger partial charge in [-0.3, -0.25) is 0 Å². The molecule has 0 saturated heterocycles. The van der Waals surface area contributed by atoms with E-state index in [-0.39, 0.29) is 17.5 Å². The monoisotopic (exact) mass is 315 g/mol. The second-order valence-corrected chi connectivity index (χ2v) is 7.39. The van der Waals surface area contributed by atoms with Crippen molar-refractivity contribution in [1.82, 2.24) is 5.32 Å². The molecule has 0 fully saturated rings. The molecule has 0 aromatic heterocycles. The number of ether oxygens (including phenoxy) is 2. The van der Waals surface area contributed by atoms with Crippen LogP contribution < -0.4 is 14.8 Å². The predicted molar refractivity (Wildman–Crippen MR) is 85.0 cm³/mol. The summed E-state index contributed by atoms with van der Waals surface area (Å²) in [5.74, 6) is 1.78. The first-order valence-corrected chi connectivity index (χ1v) is 8.88. The van der Waals surface area contributed by atoms with Crippen molar-refractivity contribution >= 4 is 9.84 Å². The maximum atomic E-state index is 11.5. The average molecular weight is 315 g/mol. The van der Waals surface area contributed by atoms with Gasteiger partial charge >= 0.3 is 0 Å². The minimum absolute atomic E-state index is 0.0462. The van der Waals surface area contributed by atoms with Gasteiger partial charge in [-0.2, -0.15) is 0 Å². The number of rotatable bonds is 9. The Bertz CT molecular complexity index is 543. The first-order chi connectivity index (χ1) is 9.91. The van der Waals surface area contributed by atoms with Crippen molar-refractivity contribution in [2.24, 2.45) is 0 Å². The van der Waals surface area contributed by atoms with Crippen molar-refractivity contribution in [3.63, 3.8) is 0 Å². The second kappa shape index (κ2) is 8.24. The molecule has 0 spiro atoms. The molecule has 0 amide bonds. The van der Waals surface area contributed by atoms with Crippen molar-refractivity contribution < 1.29 is 17.9 Å². The predicted octanol–water partition coefficient (Wildman–Crippen LogP) is 1.66. The van der Waals surface area contributed by atoms with Crippen LogP contribution in [0.1, 0.15) is 19.4 Å². The maximum absolute atomic E-state index is 11.5. The van der Waals surface area contributed by atoms with Crippen LogP contribution >= 0.6 is 0 Å². The Labute approximate surface area is 127 Å². The third-order valence-corrected chi connectivity index (χ3v) is 5.19. The van der Waals surface area contributed by atoms with Crippen LogP contribution in [0, 0.1) is 0 Å². The lowest BCUT2D eigenvalue weighted by Gasteiger charge is -2.14. The zero-order valence-electron chi connectivity index (χ0n) is 13.2. The van der Waals surface area contributed by atoms with Gasteiger partial charge in [0.05, 0.1) is 20.0 Å². The zero-order valence-corrected chi connectivity index (χ0v) is 14.0. The molecule has 0 aliphatic rings. The van der Waals surface area contributed by atoms with E-state index in [2.05, 4.69) is 5.32 Å². The molecule has 0 aliphatic heterocycles. The van der Waals surface area contributed by atoms with Gasteiger partial charge in [0.15, 0.2) is 21.3 Å². The van der Waals surface area contributed by atoms with Gasteiger partial charge in [0.25, 0.3) is 0 Å². The van der Waals surface area contributed by atoms with Crippen molar-refractivity contribution in [2.75, 3.05) is 32.3 Å². The Balaban J connectivity index is 2.49. The lowest BCUT2D eigenvalue weighted by Crippen LogP contribution is -2.34. The molecular formula is C15H25NO4S. The van der Waals surface area contributed by atoms with E-state index in [4.69, 9.17) is 9.47 Å². The molecular weight excluding hydrogens is 290 g/mol. The molecule has 0 heterocycles. The number of methoxy groups -OCH3 is 2. The van der Waals surface area contributed by atoms with E-state index in [0.29, 0.717) is 11.5 Å². The minimum Gasteiger partial charge on any atom is -0.493 e. The Kier molecular flexibility index (Phi) is 6.98. The Morgan fingerprint density at radius 2 is 1.86 bits per heavy atom. The number of sulfone groups is 1. The lowest BCUT2D eigenvalue weighted by atomic mass is 10.1. The highest BCUT2D eigenvalue weighted by Crippen LogP contribution is 2.27. The van der Waals surface area contributed by atoms with E-state index in [1.165, 1.54) is 0 Å². The van der Waals surface area contributed by atoms with Gasteiger partial charge in [-0.15, -0.1) is 0 Å². The van der Waals surface area contributed by atoms with E-state index < -0.39 is 9.84 Å². The van der Waals surface area contributed by atoms with Crippen LogP contribution in [0.3, 0.4) is 0 Å². The Morgan fingerprint density at radius 1 is 1.19 bits per heavy atom. The summed E-state index contributed by atoms with van der Waals surface area (Å²) in [6.45, 7) is 4.28. The van der Waals surface area contributed by atoms with Gasteiger partial charge in [-0.05, 0) is 37.6 Å². The molecule has 6 heteroatoms. The van der Waals surface area contributed by atoms with Crippen LogP contribution in [0.5, 0.6) is 11.5 Å². The van der Waals surface area contributed by atoms with Gasteiger partial charge in [-0.25, -0.2) is 8.42 Å². The maximum Gasteiger partial charge on any atom is 0.160 e. The summed E-state index contributed by atoms with van der Waals surface area (Å²) in [5.41, 5.74) is 1.12. The summed E-state index contributed by atoms with van der Waals surface area (Å²) >= 11 is 0. The highest BCUT2D eigenvalue weighted by atomic mass is 32.2. The third kappa shape index (κ3) is 5.93. The SMILES string of the molecule is CCS(=O)(=O)CC(C)NCCc1ccc(OC)c(OC)c1. The summed E-state index contributed by atoms with van der Waals surface area (Å²) in [6, 6.07) is 5.75. The van der Waals surface area contributed by atoms with Gasteiger partial charge in [0, 0.05) is 11.8 Å². The standard InChI is InChI=1S/C15H25NO4S/c1-5-21(17,18)11-12(2)16-9-8-13-6-7-14(19-3)15(10-13)20-4/h6-7,10,12,16H,5,8-9,11H2,1-4H3. The Morgan fingerprint density at radius 3 is 2.43 bits per heavy atom. The van der Waals surface area contributed by atoms with E-state index in [9.17, 15) is 8.42 Å². The number of hydrogen-bond acceptors (Lipinski definition) is 5. The lowest BCUT2D eigenvalue weighted by molar-refractivity contribution is 0.354. The molecule has 0 saturated carbocycles. The molecule has 5 nitrogen and oxygen atoms in total. The van der Waals surface area contributed by atoms with Crippen LogP contribution in [0.2, 0.25) is 0 Å². The molecule has 1 atom stereocenters. The van der Waals surface area contributed by atoms with Gasteiger partial charge in [0.1, 0.15) is 0 Å². The highest BCUT2D eigenvalue weighted by Gasteiger charge is 2.13. The Hall–Kier alpha value is -1.27. The van der Waals surface area contributed by atoms with Crippen LogP contribution in [-0.4, -0.2) is 46.7 Å².